The van der Waals surface area contributed by atoms with Crippen LogP contribution in [-0.4, -0.2) is 20.2 Å². The quantitative estimate of drug-likeness (QED) is 0.804. The third kappa shape index (κ3) is 2.00. The molecule has 0 unspecified atom stereocenters. The van der Waals surface area contributed by atoms with Crippen LogP contribution in [0.4, 0.5) is 5.82 Å². The summed E-state index contributed by atoms with van der Waals surface area (Å²) in [4.78, 5) is 7.78. The van der Waals surface area contributed by atoms with Gasteiger partial charge >= 0.3 is 0 Å². The molecule has 2 heterocycles. The van der Waals surface area contributed by atoms with Crippen LogP contribution in [0.3, 0.4) is 0 Å². The lowest BCUT2D eigenvalue weighted by Gasteiger charge is -2.03. The number of aromatic amines is 1. The van der Waals surface area contributed by atoms with Gasteiger partial charge in [-0.25, -0.2) is 9.97 Å². The molecule has 0 saturated carbocycles. The fourth-order valence-corrected chi connectivity index (χ4v) is 1.17. The Morgan fingerprint density at radius 1 is 1.43 bits per heavy atom. The highest BCUT2D eigenvalue weighted by Gasteiger charge is 2.00. The van der Waals surface area contributed by atoms with E-state index >= 15 is 0 Å². The van der Waals surface area contributed by atoms with Crippen LogP contribution in [0.25, 0.3) is 0 Å². The van der Waals surface area contributed by atoms with Crippen molar-refractivity contribution in [1.29, 1.82) is 0 Å². The van der Waals surface area contributed by atoms with Gasteiger partial charge in [-0.05, 0) is 0 Å². The summed E-state index contributed by atoms with van der Waals surface area (Å²) in [5.74, 6) is 0.628. The topological polar surface area (TPSA) is 66.5 Å². The fourth-order valence-electron chi connectivity index (χ4n) is 1.00. The van der Waals surface area contributed by atoms with E-state index in [9.17, 15) is 0 Å². The van der Waals surface area contributed by atoms with Crippen molar-refractivity contribution in [3.05, 3.63) is 35.5 Å². The molecule has 2 rings (SSSR count). The number of hydrogen-bond donors (Lipinski definition) is 2. The van der Waals surface area contributed by atoms with Gasteiger partial charge in [-0.1, -0.05) is 11.6 Å². The number of hydrogen-bond acceptors (Lipinski definition) is 4. The molecule has 0 saturated heterocycles. The largest absolute Gasteiger partial charge is 0.365 e. The highest BCUT2D eigenvalue weighted by Crippen LogP contribution is 2.16. The van der Waals surface area contributed by atoms with E-state index in [0.29, 0.717) is 17.4 Å². The second-order valence-electron chi connectivity index (χ2n) is 2.68. The summed E-state index contributed by atoms with van der Waals surface area (Å²) in [6.45, 7) is 0.632. The number of nitrogens with zero attached hydrogens (tertiary/aromatic N) is 3. The Labute approximate surface area is 85.5 Å². The van der Waals surface area contributed by atoms with Crippen molar-refractivity contribution in [2.75, 3.05) is 5.32 Å². The summed E-state index contributed by atoms with van der Waals surface area (Å²) in [7, 11) is 0. The van der Waals surface area contributed by atoms with Crippen molar-refractivity contribution in [2.24, 2.45) is 0 Å². The summed E-state index contributed by atoms with van der Waals surface area (Å²) in [5, 5.41) is 10.1. The Morgan fingerprint density at radius 2 is 2.36 bits per heavy atom. The van der Waals surface area contributed by atoms with Gasteiger partial charge < -0.3 is 5.32 Å². The third-order valence-corrected chi connectivity index (χ3v) is 1.96. The number of H-pyrrole nitrogens is 1. The fraction of sp³-hybridized carbons (Fsp3) is 0.125. The molecule has 2 N–H and O–H groups in total. The van der Waals surface area contributed by atoms with Gasteiger partial charge in [0.2, 0.25) is 0 Å². The van der Waals surface area contributed by atoms with Crippen molar-refractivity contribution in [3.63, 3.8) is 0 Å². The zero-order chi connectivity index (χ0) is 9.80. The predicted molar refractivity (Wildman–Crippen MR) is 53.0 cm³/mol. The van der Waals surface area contributed by atoms with Gasteiger partial charge in [-0.3, -0.25) is 5.10 Å². The lowest BCUT2D eigenvalue weighted by Crippen LogP contribution is -2.01. The second-order valence-corrected chi connectivity index (χ2v) is 3.09. The van der Waals surface area contributed by atoms with E-state index in [2.05, 4.69) is 25.5 Å². The number of aromatic nitrogens is 4. The van der Waals surface area contributed by atoms with Crippen LogP contribution in [0.2, 0.25) is 5.02 Å². The van der Waals surface area contributed by atoms with Crippen LogP contribution in [0.1, 0.15) is 5.56 Å². The monoisotopic (exact) mass is 209 g/mol. The summed E-state index contributed by atoms with van der Waals surface area (Å²) < 4.78 is 0. The molecule has 2 aromatic heterocycles. The van der Waals surface area contributed by atoms with Crippen molar-refractivity contribution < 1.29 is 0 Å². The normalized spacial score (nSPS) is 10.1. The Morgan fingerprint density at radius 3 is 3.07 bits per heavy atom. The molecular weight excluding hydrogens is 202 g/mol. The van der Waals surface area contributed by atoms with Gasteiger partial charge in [0.25, 0.3) is 0 Å². The number of halogens is 1. The van der Waals surface area contributed by atoms with Gasteiger partial charge in [-0.15, -0.1) is 0 Å². The number of nitrogens with one attached hydrogen (secondary N) is 2. The smallest absolute Gasteiger partial charge is 0.148 e. The molecule has 0 amide bonds. The molecule has 0 aliphatic carbocycles. The molecule has 2 aromatic rings. The molecule has 0 radical (unpaired) electrons. The van der Waals surface area contributed by atoms with Crippen LogP contribution < -0.4 is 5.32 Å². The van der Waals surface area contributed by atoms with Gasteiger partial charge in [0.1, 0.15) is 17.2 Å². The Bertz CT molecular complexity index is 400. The molecule has 0 aliphatic rings. The van der Waals surface area contributed by atoms with E-state index in [1.165, 1.54) is 6.33 Å². The molecule has 5 nitrogen and oxygen atoms in total. The van der Waals surface area contributed by atoms with Gasteiger partial charge in [0.15, 0.2) is 0 Å². The van der Waals surface area contributed by atoms with E-state index in [0.717, 1.165) is 5.56 Å². The van der Waals surface area contributed by atoms with E-state index in [1.807, 2.05) is 6.20 Å². The van der Waals surface area contributed by atoms with E-state index in [4.69, 9.17) is 11.6 Å². The first kappa shape index (κ1) is 8.96. The van der Waals surface area contributed by atoms with Crippen LogP contribution in [0.5, 0.6) is 0 Å². The minimum atomic E-state index is 0.510. The van der Waals surface area contributed by atoms with Crippen LogP contribution >= 0.6 is 11.6 Å². The highest BCUT2D eigenvalue weighted by molar-refractivity contribution is 6.32. The van der Waals surface area contributed by atoms with E-state index < -0.39 is 0 Å². The maximum Gasteiger partial charge on any atom is 0.148 e. The van der Waals surface area contributed by atoms with Crippen molar-refractivity contribution in [1.82, 2.24) is 20.2 Å². The summed E-state index contributed by atoms with van der Waals surface area (Å²) >= 11 is 5.85. The average molecular weight is 210 g/mol. The molecule has 0 bridgehead atoms. The lowest BCUT2D eigenvalue weighted by molar-refractivity contribution is 1.08. The van der Waals surface area contributed by atoms with Gasteiger partial charge in [-0.2, -0.15) is 5.10 Å². The molecular formula is C8H8ClN5. The maximum absolute atomic E-state index is 5.85. The van der Waals surface area contributed by atoms with Gasteiger partial charge in [0.05, 0.1) is 12.4 Å². The molecule has 0 atom stereocenters. The van der Waals surface area contributed by atoms with Crippen molar-refractivity contribution in [3.8, 4) is 0 Å². The first-order chi connectivity index (χ1) is 6.86. The number of anilines is 1. The van der Waals surface area contributed by atoms with Crippen molar-refractivity contribution >= 4 is 17.4 Å². The Kier molecular flexibility index (Phi) is 2.60. The van der Waals surface area contributed by atoms with Crippen LogP contribution in [-0.2, 0) is 6.54 Å². The summed E-state index contributed by atoms with van der Waals surface area (Å²) in [6, 6.07) is 0. The molecule has 0 aliphatic heterocycles. The van der Waals surface area contributed by atoms with E-state index in [1.54, 1.807) is 12.4 Å². The minimum Gasteiger partial charge on any atom is -0.365 e. The molecule has 0 fully saturated rings. The first-order valence-electron chi connectivity index (χ1n) is 4.03. The highest BCUT2D eigenvalue weighted by atomic mass is 35.5. The molecule has 72 valence electrons. The SMILES string of the molecule is Clc1cncnc1NCc1cn[nH]c1. The molecule has 6 heteroatoms. The summed E-state index contributed by atoms with van der Waals surface area (Å²) in [6.07, 6.45) is 6.54. The zero-order valence-corrected chi connectivity index (χ0v) is 7.99. The van der Waals surface area contributed by atoms with Crippen molar-refractivity contribution in [2.45, 2.75) is 6.54 Å². The summed E-state index contributed by atoms with van der Waals surface area (Å²) in [5.41, 5.74) is 1.04. The second kappa shape index (κ2) is 4.06. The first-order valence-corrected chi connectivity index (χ1v) is 4.41. The van der Waals surface area contributed by atoms with Gasteiger partial charge in [0, 0.05) is 18.3 Å². The Hall–Kier alpha value is -1.62. The number of rotatable bonds is 3. The molecule has 0 spiro atoms. The molecule has 0 aromatic carbocycles. The van der Waals surface area contributed by atoms with E-state index in [-0.39, 0.29) is 0 Å². The maximum atomic E-state index is 5.85. The predicted octanol–water partition coefficient (Wildman–Crippen LogP) is 1.47. The van der Waals surface area contributed by atoms with Crippen LogP contribution in [0.15, 0.2) is 24.9 Å². The zero-order valence-electron chi connectivity index (χ0n) is 7.24. The average Bonchev–Trinajstić information content (AvgIpc) is 2.69. The third-order valence-electron chi connectivity index (χ3n) is 1.68. The van der Waals surface area contributed by atoms with Crippen LogP contribution in [0, 0.1) is 0 Å². The minimum absolute atomic E-state index is 0.510. The standard InChI is InChI=1S/C8H8ClN5/c9-7-4-10-5-12-8(7)11-1-6-2-13-14-3-6/h2-5H,1H2,(H,13,14)(H,10,11,12). The Balaban J connectivity index is 2.02. The lowest BCUT2D eigenvalue weighted by atomic mass is 10.3. The molecule has 14 heavy (non-hydrogen) atoms.